The molecule has 0 radical (unpaired) electrons. The Morgan fingerprint density at radius 3 is 2.24 bits per heavy atom. The fraction of sp³-hybridized carbons (Fsp3) is 0.0500. The van der Waals surface area contributed by atoms with Gasteiger partial charge in [0.2, 0.25) is 0 Å². The van der Waals surface area contributed by atoms with E-state index in [1.54, 1.807) is 25.3 Å². The van der Waals surface area contributed by atoms with Crippen molar-refractivity contribution in [1.29, 1.82) is 0 Å². The fourth-order valence-corrected chi connectivity index (χ4v) is 2.83. The number of ether oxygens (including phenoxy) is 1. The first kappa shape index (κ1) is 19.3. The van der Waals surface area contributed by atoms with Gasteiger partial charge in [0.1, 0.15) is 11.3 Å². The van der Waals surface area contributed by atoms with Gasteiger partial charge >= 0.3 is 0 Å². The van der Waals surface area contributed by atoms with Crippen LogP contribution < -0.4 is 10.2 Å². The summed E-state index contributed by atoms with van der Waals surface area (Å²) in [5.41, 5.74) is 1.30. The van der Waals surface area contributed by atoms with E-state index in [1.165, 1.54) is 0 Å². The molecule has 134 valence electrons. The molecule has 0 amide bonds. The van der Waals surface area contributed by atoms with Gasteiger partial charge in [0, 0.05) is 27.6 Å². The van der Waals surface area contributed by atoms with Gasteiger partial charge in [-0.05, 0) is 12.1 Å². The first-order chi connectivity index (χ1) is 11.7. The van der Waals surface area contributed by atoms with Gasteiger partial charge in [0.25, 0.3) is 0 Å². The van der Waals surface area contributed by atoms with Crippen molar-refractivity contribution in [2.75, 3.05) is 7.11 Å². The molecule has 0 saturated heterocycles. The molecule has 3 nitrogen and oxygen atoms in total. The first-order valence-electron chi connectivity index (χ1n) is 7.40. The van der Waals surface area contributed by atoms with Crippen LogP contribution in [-0.2, 0) is 17.1 Å². The normalized spacial score (nSPS) is 9.84. The van der Waals surface area contributed by atoms with Crippen LogP contribution in [0.2, 0.25) is 0 Å². The Kier molecular flexibility index (Phi) is 6.82. The zero-order valence-electron chi connectivity index (χ0n) is 13.4. The van der Waals surface area contributed by atoms with Crippen molar-refractivity contribution >= 4 is 26.9 Å². The van der Waals surface area contributed by atoms with Crippen LogP contribution in [0.3, 0.4) is 0 Å². The van der Waals surface area contributed by atoms with Crippen molar-refractivity contribution in [3.8, 4) is 17.1 Å². The van der Waals surface area contributed by atoms with Gasteiger partial charge < -0.3 is 39.5 Å². The van der Waals surface area contributed by atoms with E-state index in [0.29, 0.717) is 27.0 Å². The Balaban J connectivity index is 0.000000325. The molecule has 0 spiro atoms. The number of fused-ring (bicyclic) bond motifs is 1. The van der Waals surface area contributed by atoms with E-state index in [4.69, 9.17) is 9.15 Å². The molecule has 0 atom stereocenters. The molecular formula is C20H15BrFeO3-6. The third kappa shape index (κ3) is 4.31. The van der Waals surface area contributed by atoms with Gasteiger partial charge in [0.05, 0.1) is 18.3 Å². The van der Waals surface area contributed by atoms with Crippen molar-refractivity contribution in [3.63, 3.8) is 0 Å². The smallest absolute Gasteiger partial charge is 0.167 e. The number of halogens is 1. The number of hydrogen-bond donors (Lipinski definition) is 0. The van der Waals surface area contributed by atoms with Gasteiger partial charge in [-0.3, -0.25) is 4.79 Å². The quantitative estimate of drug-likeness (QED) is 0.312. The van der Waals surface area contributed by atoms with Crippen LogP contribution in [-0.4, -0.2) is 7.11 Å². The van der Waals surface area contributed by atoms with Crippen molar-refractivity contribution in [2.24, 2.45) is 0 Å². The average Bonchev–Trinajstić information content (AvgIpc) is 3.33. The van der Waals surface area contributed by atoms with Gasteiger partial charge in [-0.25, -0.2) is 0 Å². The minimum absolute atomic E-state index is 0. The maximum atomic E-state index is 12.3. The molecule has 4 rings (SSSR count). The van der Waals surface area contributed by atoms with Crippen LogP contribution in [0.4, 0.5) is 0 Å². The number of rotatable bonds is 2. The molecule has 0 bridgehead atoms. The molecule has 0 fully saturated rings. The number of hydrogen-bond acceptors (Lipinski definition) is 3. The molecule has 25 heavy (non-hydrogen) atoms. The molecular weight excluding hydrogens is 424 g/mol. The van der Waals surface area contributed by atoms with Crippen molar-refractivity contribution < 1.29 is 26.2 Å². The largest absolute Gasteiger partial charge is 0.748 e. The summed E-state index contributed by atoms with van der Waals surface area (Å²) in [7, 11) is 1.58. The fourth-order valence-electron chi connectivity index (χ4n) is 2.31. The van der Waals surface area contributed by atoms with E-state index in [9.17, 15) is 4.79 Å². The van der Waals surface area contributed by atoms with Crippen LogP contribution in [0.15, 0.2) is 86.5 Å². The molecule has 0 aliphatic heterocycles. The molecule has 5 heteroatoms. The van der Waals surface area contributed by atoms with E-state index in [1.807, 2.05) is 54.6 Å². The van der Waals surface area contributed by atoms with Crippen LogP contribution in [0.1, 0.15) is 0 Å². The van der Waals surface area contributed by atoms with E-state index >= 15 is 0 Å². The number of methoxy groups -OCH3 is 1. The third-order valence-corrected chi connectivity index (χ3v) is 4.24. The SMILES string of the molecule is COc1ccc2c(=O)c(Br)c(-[c-]3cccc3)oc2c1.[Fe].[cH-]1[cH-][cH-][cH-][cH-]1. The maximum absolute atomic E-state index is 12.3. The summed E-state index contributed by atoms with van der Waals surface area (Å²) in [4.78, 5) is 12.3. The van der Waals surface area contributed by atoms with E-state index in [0.717, 1.165) is 5.56 Å². The second-order valence-electron chi connectivity index (χ2n) is 5.07. The first-order valence-corrected chi connectivity index (χ1v) is 8.19. The summed E-state index contributed by atoms with van der Waals surface area (Å²) in [6.07, 6.45) is 0. The van der Waals surface area contributed by atoms with Crippen LogP contribution in [0, 0.1) is 0 Å². The Bertz CT molecular complexity index is 953. The van der Waals surface area contributed by atoms with Gasteiger partial charge in [-0.1, -0.05) is 5.56 Å². The molecule has 0 unspecified atom stereocenters. The summed E-state index contributed by atoms with van der Waals surface area (Å²) in [5, 5.41) is 0.531. The molecule has 0 N–H and O–H groups in total. The molecule has 0 saturated carbocycles. The third-order valence-electron chi connectivity index (χ3n) is 3.52. The zero-order chi connectivity index (χ0) is 16.9. The second kappa shape index (κ2) is 8.86. The van der Waals surface area contributed by atoms with Gasteiger partial charge in [0.15, 0.2) is 5.43 Å². The summed E-state index contributed by atoms with van der Waals surface area (Å²) >= 11 is 3.32. The Morgan fingerprint density at radius 2 is 1.68 bits per heavy atom. The predicted octanol–water partition coefficient (Wildman–Crippen LogP) is 5.35. The van der Waals surface area contributed by atoms with E-state index in [-0.39, 0.29) is 22.5 Å². The molecule has 3 aromatic carbocycles. The molecule has 1 heterocycles. The Labute approximate surface area is 164 Å². The van der Waals surface area contributed by atoms with Gasteiger partial charge in [-0.2, -0.15) is 12.1 Å². The summed E-state index contributed by atoms with van der Waals surface area (Å²) in [5.74, 6) is 1.20. The van der Waals surface area contributed by atoms with Gasteiger partial charge in [-0.15, -0.1) is 28.1 Å². The van der Waals surface area contributed by atoms with Crippen LogP contribution in [0.25, 0.3) is 22.3 Å². The standard InChI is InChI=1S/C15H10BrO3.C5H5.Fe/c1-18-10-6-7-11-12(8-10)19-15(13(16)14(11)17)9-4-2-3-5-9;1-2-4-5-3-1;/h2-8H,1H3;1-5H;/q-1;-5;. The molecule has 0 aliphatic carbocycles. The number of benzene rings is 1. The Hall–Kier alpha value is -2.07. The van der Waals surface area contributed by atoms with E-state index < -0.39 is 0 Å². The minimum atomic E-state index is -0.0832. The topological polar surface area (TPSA) is 39.4 Å². The van der Waals surface area contributed by atoms with Crippen molar-refractivity contribution in [3.05, 3.63) is 87.5 Å². The van der Waals surface area contributed by atoms with Crippen LogP contribution >= 0.6 is 15.9 Å². The predicted molar refractivity (Wildman–Crippen MR) is 99.8 cm³/mol. The molecule has 1 aromatic heterocycles. The summed E-state index contributed by atoms with van der Waals surface area (Å²) < 4.78 is 11.4. The van der Waals surface area contributed by atoms with E-state index in [2.05, 4.69) is 15.9 Å². The van der Waals surface area contributed by atoms with Crippen molar-refractivity contribution in [2.45, 2.75) is 0 Å². The maximum Gasteiger partial charge on any atom is 0.167 e. The molecule has 4 aromatic rings. The minimum Gasteiger partial charge on any atom is -0.748 e. The zero-order valence-corrected chi connectivity index (χ0v) is 16.1. The summed E-state index contributed by atoms with van der Waals surface area (Å²) in [6.45, 7) is 0. The molecule has 0 aliphatic rings. The average molecular weight is 439 g/mol. The van der Waals surface area contributed by atoms with Crippen LogP contribution in [0.5, 0.6) is 5.75 Å². The monoisotopic (exact) mass is 438 g/mol. The summed E-state index contributed by atoms with van der Waals surface area (Å²) in [6, 6.07) is 22.8. The van der Waals surface area contributed by atoms with Crippen molar-refractivity contribution in [1.82, 2.24) is 0 Å². The second-order valence-corrected chi connectivity index (χ2v) is 5.87. The Morgan fingerprint density at radius 1 is 1.08 bits per heavy atom.